The highest BCUT2D eigenvalue weighted by Gasteiger charge is 2.36. The third-order valence-electron chi connectivity index (χ3n) is 2.41. The van der Waals surface area contributed by atoms with E-state index < -0.39 is 11.9 Å². The average Bonchev–Trinajstić information content (AvgIpc) is 2.78. The number of aromatic nitrogens is 4. The Labute approximate surface area is 111 Å². The zero-order valence-electron chi connectivity index (χ0n) is 10.3. The first-order valence-corrected chi connectivity index (χ1v) is 5.47. The molecule has 0 aliphatic rings. The maximum Gasteiger partial charge on any atom is 0.435 e. The Morgan fingerprint density at radius 1 is 1.35 bits per heavy atom. The molecule has 0 aliphatic heterocycles. The van der Waals surface area contributed by atoms with Gasteiger partial charge in [0.1, 0.15) is 11.9 Å². The number of nitriles is 1. The van der Waals surface area contributed by atoms with Gasteiger partial charge in [-0.2, -0.15) is 23.5 Å². The molecule has 0 aromatic carbocycles. The van der Waals surface area contributed by atoms with Gasteiger partial charge in [-0.1, -0.05) is 0 Å². The second kappa shape index (κ2) is 5.16. The van der Waals surface area contributed by atoms with Gasteiger partial charge in [0.2, 0.25) is 0 Å². The molecule has 20 heavy (non-hydrogen) atoms. The first kappa shape index (κ1) is 13.8. The molecule has 0 atom stereocenters. The molecule has 6 nitrogen and oxygen atoms in total. The number of rotatable bonds is 3. The average molecular weight is 282 g/mol. The van der Waals surface area contributed by atoms with Crippen LogP contribution in [0.5, 0.6) is 0 Å². The summed E-state index contributed by atoms with van der Waals surface area (Å²) in [6, 6.07) is 4.68. The van der Waals surface area contributed by atoms with Crippen LogP contribution in [0.2, 0.25) is 0 Å². The number of nitrogens with one attached hydrogen (secondary N) is 1. The van der Waals surface area contributed by atoms with Crippen LogP contribution < -0.4 is 5.32 Å². The van der Waals surface area contributed by atoms with Crippen LogP contribution in [-0.4, -0.2) is 20.0 Å². The predicted molar refractivity (Wildman–Crippen MR) is 62.3 cm³/mol. The summed E-state index contributed by atoms with van der Waals surface area (Å²) < 4.78 is 39.3. The third-order valence-corrected chi connectivity index (χ3v) is 2.41. The maximum absolute atomic E-state index is 12.7. The summed E-state index contributed by atoms with van der Waals surface area (Å²) in [6.45, 7) is -0.0940. The van der Waals surface area contributed by atoms with Crippen molar-refractivity contribution in [2.24, 2.45) is 7.05 Å². The summed E-state index contributed by atoms with van der Waals surface area (Å²) in [7, 11) is 1.42. The molecule has 2 aromatic rings. The van der Waals surface area contributed by atoms with Gasteiger partial charge in [-0.05, 0) is 12.1 Å². The maximum atomic E-state index is 12.7. The van der Waals surface area contributed by atoms with Crippen LogP contribution in [0.25, 0.3) is 0 Å². The molecule has 9 heteroatoms. The number of halogens is 3. The molecule has 2 aromatic heterocycles. The molecule has 2 heterocycles. The summed E-state index contributed by atoms with van der Waals surface area (Å²) in [4.78, 5) is 0. The van der Waals surface area contributed by atoms with Crippen molar-refractivity contribution in [2.75, 3.05) is 5.32 Å². The monoisotopic (exact) mass is 282 g/mol. The van der Waals surface area contributed by atoms with Crippen LogP contribution in [0, 0.1) is 11.3 Å². The lowest BCUT2D eigenvalue weighted by Crippen LogP contribution is -2.12. The number of alkyl halides is 3. The molecular weight excluding hydrogens is 273 g/mol. The topological polar surface area (TPSA) is 79.4 Å². The van der Waals surface area contributed by atoms with E-state index in [0.717, 1.165) is 4.68 Å². The normalized spacial score (nSPS) is 11.2. The summed E-state index contributed by atoms with van der Waals surface area (Å²) >= 11 is 0. The zero-order valence-corrected chi connectivity index (χ0v) is 10.3. The van der Waals surface area contributed by atoms with E-state index in [9.17, 15) is 13.2 Å². The minimum atomic E-state index is -4.51. The fourth-order valence-electron chi connectivity index (χ4n) is 1.58. The molecule has 0 bridgehead atoms. The van der Waals surface area contributed by atoms with E-state index in [1.54, 1.807) is 6.07 Å². The van der Waals surface area contributed by atoms with Crippen LogP contribution in [0.15, 0.2) is 18.3 Å². The van der Waals surface area contributed by atoms with E-state index in [1.165, 1.54) is 25.4 Å². The van der Waals surface area contributed by atoms with Crippen LogP contribution in [-0.2, 0) is 19.8 Å². The van der Waals surface area contributed by atoms with Crippen LogP contribution in [0.1, 0.15) is 17.0 Å². The minimum Gasteiger partial charge on any atom is -0.364 e. The van der Waals surface area contributed by atoms with E-state index in [2.05, 4.69) is 20.6 Å². The third kappa shape index (κ3) is 3.03. The van der Waals surface area contributed by atoms with Gasteiger partial charge < -0.3 is 5.32 Å². The lowest BCUT2D eigenvalue weighted by atomic mass is 10.2. The molecular formula is C11H9F3N6. The molecule has 0 unspecified atom stereocenters. The fourth-order valence-corrected chi connectivity index (χ4v) is 1.58. The quantitative estimate of drug-likeness (QED) is 0.927. The minimum absolute atomic E-state index is 0.00570. The predicted octanol–water partition coefficient (Wildman–Crippen LogP) is 1.71. The van der Waals surface area contributed by atoms with Gasteiger partial charge in [0.25, 0.3) is 0 Å². The van der Waals surface area contributed by atoms with Gasteiger partial charge in [0.15, 0.2) is 11.4 Å². The van der Waals surface area contributed by atoms with Crippen molar-refractivity contribution in [3.05, 3.63) is 35.3 Å². The van der Waals surface area contributed by atoms with Crippen molar-refractivity contribution < 1.29 is 13.2 Å². The van der Waals surface area contributed by atoms with Crippen LogP contribution in [0.4, 0.5) is 19.0 Å². The largest absolute Gasteiger partial charge is 0.435 e. The summed E-state index contributed by atoms with van der Waals surface area (Å²) in [5.41, 5.74) is -0.798. The van der Waals surface area contributed by atoms with Gasteiger partial charge in [-0.25, -0.2) is 0 Å². The highest BCUT2D eigenvalue weighted by atomic mass is 19.4. The smallest absolute Gasteiger partial charge is 0.364 e. The Kier molecular flexibility index (Phi) is 3.56. The Bertz CT molecular complexity index is 638. The molecule has 2 rings (SSSR count). The Morgan fingerprint density at radius 2 is 2.10 bits per heavy atom. The van der Waals surface area contributed by atoms with E-state index in [4.69, 9.17) is 5.26 Å². The Hall–Kier alpha value is -2.63. The van der Waals surface area contributed by atoms with Gasteiger partial charge in [0.05, 0.1) is 0 Å². The number of aryl methyl sites for hydroxylation is 1. The molecule has 104 valence electrons. The molecule has 0 amide bonds. The van der Waals surface area contributed by atoms with Crippen molar-refractivity contribution in [1.82, 2.24) is 20.0 Å². The molecule has 0 saturated heterocycles. The Morgan fingerprint density at radius 3 is 2.65 bits per heavy atom. The van der Waals surface area contributed by atoms with Gasteiger partial charge in [-0.3, -0.25) is 4.68 Å². The molecule has 0 fully saturated rings. The van der Waals surface area contributed by atoms with Crippen molar-refractivity contribution in [1.29, 1.82) is 5.26 Å². The first-order chi connectivity index (χ1) is 9.40. The molecule has 0 radical (unpaired) electrons. The number of hydrogen-bond donors (Lipinski definition) is 1. The SMILES string of the molecule is Cn1cc(CNc2ccc(C#N)nn2)c(C(F)(F)F)n1. The van der Waals surface area contributed by atoms with Crippen molar-refractivity contribution in [2.45, 2.75) is 12.7 Å². The van der Waals surface area contributed by atoms with Crippen molar-refractivity contribution in [3.63, 3.8) is 0 Å². The molecule has 0 aliphatic carbocycles. The second-order valence-electron chi connectivity index (χ2n) is 3.94. The highest BCUT2D eigenvalue weighted by Crippen LogP contribution is 2.30. The van der Waals surface area contributed by atoms with Crippen molar-refractivity contribution >= 4 is 5.82 Å². The zero-order chi connectivity index (χ0) is 14.8. The van der Waals surface area contributed by atoms with Crippen LogP contribution >= 0.6 is 0 Å². The summed E-state index contributed by atoms with van der Waals surface area (Å²) in [5, 5.41) is 21.9. The Balaban J connectivity index is 2.13. The van der Waals surface area contributed by atoms with E-state index >= 15 is 0 Å². The van der Waals surface area contributed by atoms with E-state index in [1.807, 2.05) is 0 Å². The molecule has 1 N–H and O–H groups in total. The summed E-state index contributed by atoms with van der Waals surface area (Å²) in [5.74, 6) is 0.279. The van der Waals surface area contributed by atoms with Gasteiger partial charge >= 0.3 is 6.18 Å². The lowest BCUT2D eigenvalue weighted by Gasteiger charge is -2.07. The van der Waals surface area contributed by atoms with E-state index in [-0.39, 0.29) is 23.6 Å². The lowest BCUT2D eigenvalue weighted by molar-refractivity contribution is -0.142. The molecule has 0 saturated carbocycles. The van der Waals surface area contributed by atoms with Gasteiger partial charge in [0, 0.05) is 25.4 Å². The first-order valence-electron chi connectivity index (χ1n) is 5.47. The molecule has 0 spiro atoms. The summed E-state index contributed by atoms with van der Waals surface area (Å²) in [6.07, 6.45) is -3.22. The number of nitrogens with zero attached hydrogens (tertiary/aromatic N) is 5. The second-order valence-corrected chi connectivity index (χ2v) is 3.94. The van der Waals surface area contributed by atoms with Crippen molar-refractivity contribution in [3.8, 4) is 6.07 Å². The van der Waals surface area contributed by atoms with Gasteiger partial charge in [-0.15, -0.1) is 10.2 Å². The fraction of sp³-hybridized carbons (Fsp3) is 0.273. The number of anilines is 1. The standard InChI is InChI=1S/C11H9F3N6/c1-20-6-7(10(19-20)11(12,13)14)5-16-9-3-2-8(4-15)17-18-9/h2-3,6H,5H2,1H3,(H,16,18). The highest BCUT2D eigenvalue weighted by molar-refractivity contribution is 5.37. The number of hydrogen-bond acceptors (Lipinski definition) is 5. The van der Waals surface area contributed by atoms with E-state index in [0.29, 0.717) is 0 Å². The van der Waals surface area contributed by atoms with Crippen LogP contribution in [0.3, 0.4) is 0 Å².